The molecule has 0 aromatic heterocycles. The van der Waals surface area contributed by atoms with Crippen LogP contribution < -0.4 is 4.72 Å². The molecule has 0 saturated heterocycles. The zero-order valence-corrected chi connectivity index (χ0v) is 15.2. The van der Waals surface area contributed by atoms with Crippen LogP contribution in [0.25, 0.3) is 0 Å². The highest BCUT2D eigenvalue weighted by Crippen LogP contribution is 2.33. The molecule has 0 spiro atoms. The molecule has 0 bridgehead atoms. The molecule has 7 heteroatoms. The SMILES string of the molecule is Cc1ccc(C)c(NS(=O)(=O)c2cc(Cl)c(Cl)cc2Br)c1. The molecular weight excluding hydrogens is 397 g/mol. The van der Waals surface area contributed by atoms with E-state index >= 15 is 0 Å². The van der Waals surface area contributed by atoms with Gasteiger partial charge in [-0.25, -0.2) is 8.42 Å². The third-order valence-electron chi connectivity index (χ3n) is 2.90. The number of nitrogens with one attached hydrogen (secondary N) is 1. The minimum Gasteiger partial charge on any atom is -0.279 e. The number of sulfonamides is 1. The molecular formula is C14H12BrCl2NO2S. The Bertz CT molecular complexity index is 807. The number of aryl methyl sites for hydroxylation is 2. The van der Waals surface area contributed by atoms with Crippen molar-refractivity contribution >= 4 is 54.8 Å². The van der Waals surface area contributed by atoms with E-state index < -0.39 is 10.0 Å². The topological polar surface area (TPSA) is 46.2 Å². The maximum Gasteiger partial charge on any atom is 0.263 e. The third kappa shape index (κ3) is 3.72. The van der Waals surface area contributed by atoms with Gasteiger partial charge in [0.05, 0.1) is 15.7 Å². The van der Waals surface area contributed by atoms with Crippen LogP contribution in [-0.4, -0.2) is 8.42 Å². The van der Waals surface area contributed by atoms with Crippen molar-refractivity contribution in [2.75, 3.05) is 4.72 Å². The molecule has 0 aliphatic rings. The summed E-state index contributed by atoms with van der Waals surface area (Å²) in [4.78, 5) is 0.0396. The Labute approximate surface area is 142 Å². The largest absolute Gasteiger partial charge is 0.279 e. The van der Waals surface area contributed by atoms with Gasteiger partial charge in [0.2, 0.25) is 0 Å². The highest BCUT2D eigenvalue weighted by Gasteiger charge is 2.20. The van der Waals surface area contributed by atoms with E-state index in [9.17, 15) is 8.42 Å². The number of benzene rings is 2. The standard InChI is InChI=1S/C14H12BrCl2NO2S/c1-8-3-4-9(2)13(5-8)18-21(19,20)14-7-12(17)11(16)6-10(14)15/h3-7,18H,1-2H3. The van der Waals surface area contributed by atoms with Gasteiger partial charge in [-0.1, -0.05) is 35.3 Å². The van der Waals surface area contributed by atoms with Gasteiger partial charge in [0.15, 0.2) is 0 Å². The van der Waals surface area contributed by atoms with Crippen molar-refractivity contribution in [2.45, 2.75) is 18.7 Å². The van der Waals surface area contributed by atoms with Crippen molar-refractivity contribution in [3.63, 3.8) is 0 Å². The number of hydrogen-bond donors (Lipinski definition) is 1. The quantitative estimate of drug-likeness (QED) is 0.711. The van der Waals surface area contributed by atoms with Gasteiger partial charge in [-0.05, 0) is 59.1 Å². The van der Waals surface area contributed by atoms with Crippen molar-refractivity contribution in [2.24, 2.45) is 0 Å². The molecule has 21 heavy (non-hydrogen) atoms. The number of halogens is 3. The predicted octanol–water partition coefficient (Wildman–Crippen LogP) is 5.17. The maximum absolute atomic E-state index is 12.5. The predicted molar refractivity (Wildman–Crippen MR) is 90.9 cm³/mol. The first-order chi connectivity index (χ1) is 9.70. The summed E-state index contributed by atoms with van der Waals surface area (Å²) < 4.78 is 27.9. The Morgan fingerprint density at radius 3 is 2.33 bits per heavy atom. The lowest BCUT2D eigenvalue weighted by Gasteiger charge is -2.13. The first kappa shape index (κ1) is 16.6. The van der Waals surface area contributed by atoms with E-state index in [1.165, 1.54) is 12.1 Å². The second-order valence-electron chi connectivity index (χ2n) is 4.62. The lowest BCUT2D eigenvalue weighted by molar-refractivity contribution is 0.600. The fourth-order valence-electron chi connectivity index (χ4n) is 1.76. The van der Waals surface area contributed by atoms with Gasteiger partial charge in [-0.2, -0.15) is 0 Å². The van der Waals surface area contributed by atoms with E-state index in [2.05, 4.69) is 20.7 Å². The van der Waals surface area contributed by atoms with Crippen LogP contribution >= 0.6 is 39.1 Å². The minimum absolute atomic E-state index is 0.0396. The summed E-state index contributed by atoms with van der Waals surface area (Å²) in [6.45, 7) is 3.73. The van der Waals surface area contributed by atoms with Gasteiger partial charge >= 0.3 is 0 Å². The minimum atomic E-state index is -3.76. The normalized spacial score (nSPS) is 11.5. The second-order valence-corrected chi connectivity index (χ2v) is 7.94. The zero-order valence-electron chi connectivity index (χ0n) is 11.2. The van der Waals surface area contributed by atoms with Gasteiger partial charge in [0, 0.05) is 4.47 Å². The Morgan fingerprint density at radius 2 is 1.67 bits per heavy atom. The molecule has 0 fully saturated rings. The molecule has 0 unspecified atom stereocenters. The summed E-state index contributed by atoms with van der Waals surface area (Å²) in [6, 6.07) is 8.33. The monoisotopic (exact) mass is 407 g/mol. The number of rotatable bonds is 3. The maximum atomic E-state index is 12.5. The molecule has 3 nitrogen and oxygen atoms in total. The smallest absolute Gasteiger partial charge is 0.263 e. The molecule has 2 rings (SSSR count). The van der Waals surface area contributed by atoms with Crippen LogP contribution in [0.1, 0.15) is 11.1 Å². The van der Waals surface area contributed by atoms with Crippen molar-refractivity contribution < 1.29 is 8.42 Å². The Balaban J connectivity index is 2.48. The molecule has 2 aromatic carbocycles. The summed E-state index contributed by atoms with van der Waals surface area (Å²) in [5.41, 5.74) is 2.33. The van der Waals surface area contributed by atoms with E-state index in [0.29, 0.717) is 10.2 Å². The molecule has 2 aromatic rings. The van der Waals surface area contributed by atoms with Crippen molar-refractivity contribution in [3.05, 3.63) is 56.0 Å². The van der Waals surface area contributed by atoms with Crippen molar-refractivity contribution in [1.82, 2.24) is 0 Å². The fourth-order valence-corrected chi connectivity index (χ4v) is 4.47. The first-order valence-electron chi connectivity index (χ1n) is 5.95. The third-order valence-corrected chi connectivity index (χ3v) is 5.95. The Morgan fingerprint density at radius 1 is 1.05 bits per heavy atom. The highest BCUT2D eigenvalue weighted by atomic mass is 79.9. The van der Waals surface area contributed by atoms with Gasteiger partial charge in [0.25, 0.3) is 10.0 Å². The molecule has 0 amide bonds. The Hall–Kier alpha value is -0.750. The molecule has 112 valence electrons. The van der Waals surface area contributed by atoms with E-state index in [4.69, 9.17) is 23.2 Å². The van der Waals surface area contributed by atoms with E-state index in [1.807, 2.05) is 26.0 Å². The molecule has 0 aliphatic carbocycles. The second kappa shape index (κ2) is 6.16. The van der Waals surface area contributed by atoms with Crippen LogP contribution in [0.15, 0.2) is 39.7 Å². The van der Waals surface area contributed by atoms with Gasteiger partial charge in [0.1, 0.15) is 4.90 Å². The van der Waals surface area contributed by atoms with Crippen LogP contribution in [0.5, 0.6) is 0 Å². The van der Waals surface area contributed by atoms with E-state index in [0.717, 1.165) is 11.1 Å². The van der Waals surface area contributed by atoms with Crippen LogP contribution in [0.3, 0.4) is 0 Å². The van der Waals surface area contributed by atoms with Gasteiger partial charge in [-0.15, -0.1) is 0 Å². The van der Waals surface area contributed by atoms with Crippen LogP contribution in [0.2, 0.25) is 10.0 Å². The number of anilines is 1. The van der Waals surface area contributed by atoms with Crippen molar-refractivity contribution in [1.29, 1.82) is 0 Å². The van der Waals surface area contributed by atoms with Crippen molar-refractivity contribution in [3.8, 4) is 0 Å². The molecule has 0 heterocycles. The summed E-state index contributed by atoms with van der Waals surface area (Å²) in [5.74, 6) is 0. The molecule has 1 N–H and O–H groups in total. The van der Waals surface area contributed by atoms with Crippen LogP contribution in [0, 0.1) is 13.8 Å². The summed E-state index contributed by atoms with van der Waals surface area (Å²) in [6.07, 6.45) is 0. The van der Waals surface area contributed by atoms with Crippen LogP contribution in [-0.2, 0) is 10.0 Å². The molecule has 0 radical (unpaired) electrons. The summed E-state index contributed by atoms with van der Waals surface area (Å²) in [7, 11) is -3.76. The fraction of sp³-hybridized carbons (Fsp3) is 0.143. The zero-order chi connectivity index (χ0) is 15.8. The lowest BCUT2D eigenvalue weighted by atomic mass is 10.1. The van der Waals surface area contributed by atoms with Gasteiger partial charge < -0.3 is 0 Å². The molecule has 0 aliphatic heterocycles. The molecule has 0 atom stereocenters. The summed E-state index contributed by atoms with van der Waals surface area (Å²) >= 11 is 15.0. The molecule has 0 saturated carbocycles. The summed E-state index contributed by atoms with van der Waals surface area (Å²) in [5, 5.41) is 0.468. The highest BCUT2D eigenvalue weighted by molar-refractivity contribution is 9.10. The Kier molecular flexibility index (Phi) is 4.88. The lowest BCUT2D eigenvalue weighted by Crippen LogP contribution is -2.14. The van der Waals surface area contributed by atoms with Gasteiger partial charge in [-0.3, -0.25) is 4.72 Å². The number of hydrogen-bond acceptors (Lipinski definition) is 2. The first-order valence-corrected chi connectivity index (χ1v) is 8.98. The van der Waals surface area contributed by atoms with E-state index in [1.54, 1.807) is 6.07 Å². The average Bonchev–Trinajstić information content (AvgIpc) is 2.37. The van der Waals surface area contributed by atoms with E-state index in [-0.39, 0.29) is 14.9 Å². The van der Waals surface area contributed by atoms with Crippen LogP contribution in [0.4, 0.5) is 5.69 Å². The average molecular weight is 409 g/mol.